The number of benzene rings is 1. The zero-order chi connectivity index (χ0) is 11.8. The molecule has 0 radical (unpaired) electrons. The summed E-state index contributed by atoms with van der Waals surface area (Å²) in [6.07, 6.45) is 0. The number of rotatable bonds is 5. The molecule has 1 rings (SSSR count). The first kappa shape index (κ1) is 12.5. The van der Waals surface area contributed by atoms with Gasteiger partial charge in [0.2, 0.25) is 5.96 Å². The van der Waals surface area contributed by atoms with Gasteiger partial charge in [0.25, 0.3) is 0 Å². The third kappa shape index (κ3) is 3.88. The summed E-state index contributed by atoms with van der Waals surface area (Å²) in [7, 11) is 0. The Hall–Kier alpha value is -1.59. The highest BCUT2D eigenvalue weighted by atomic mass is 16.5. The average molecular weight is 222 g/mol. The summed E-state index contributed by atoms with van der Waals surface area (Å²) >= 11 is 0. The third-order valence-electron chi connectivity index (χ3n) is 2.15. The Morgan fingerprint density at radius 3 is 2.69 bits per heavy atom. The van der Waals surface area contributed by atoms with Gasteiger partial charge in [0.05, 0.1) is 13.2 Å². The predicted octanol–water partition coefficient (Wildman–Crippen LogP) is 0.501. The van der Waals surface area contributed by atoms with Crippen LogP contribution in [0.4, 0.5) is 0 Å². The molecule has 0 bridgehead atoms. The van der Waals surface area contributed by atoms with Crippen molar-refractivity contribution in [3.8, 4) is 0 Å². The lowest BCUT2D eigenvalue weighted by molar-refractivity contribution is 0.133. The van der Waals surface area contributed by atoms with E-state index in [-0.39, 0.29) is 5.96 Å². The molecule has 0 unspecified atom stereocenters. The number of nitrogens with two attached hydrogens (primary N) is 2. The first-order valence-corrected chi connectivity index (χ1v) is 5.19. The topological polar surface area (TPSA) is 85.7 Å². The van der Waals surface area contributed by atoms with Crippen molar-refractivity contribution in [1.29, 1.82) is 0 Å². The van der Waals surface area contributed by atoms with Crippen molar-refractivity contribution in [2.75, 3.05) is 6.61 Å². The van der Waals surface area contributed by atoms with Crippen LogP contribution in [0.2, 0.25) is 0 Å². The summed E-state index contributed by atoms with van der Waals surface area (Å²) in [6, 6.07) is 7.96. The van der Waals surface area contributed by atoms with E-state index in [1.807, 2.05) is 31.2 Å². The maximum Gasteiger partial charge on any atom is 0.203 e. The minimum atomic E-state index is 0.228. The van der Waals surface area contributed by atoms with Crippen LogP contribution in [0.3, 0.4) is 0 Å². The van der Waals surface area contributed by atoms with E-state index in [2.05, 4.69) is 10.4 Å². The predicted molar refractivity (Wildman–Crippen MR) is 64.4 cm³/mol. The van der Waals surface area contributed by atoms with E-state index in [9.17, 15) is 0 Å². The first-order valence-electron chi connectivity index (χ1n) is 5.19. The zero-order valence-electron chi connectivity index (χ0n) is 9.44. The maximum atomic E-state index is 5.45. The molecule has 0 aliphatic carbocycles. The van der Waals surface area contributed by atoms with Gasteiger partial charge in [0.15, 0.2) is 0 Å². The molecule has 0 aromatic heterocycles. The average Bonchev–Trinajstić information content (AvgIpc) is 2.34. The Balaban J connectivity index is 2.70. The second kappa shape index (κ2) is 6.81. The van der Waals surface area contributed by atoms with E-state index in [0.29, 0.717) is 19.8 Å². The van der Waals surface area contributed by atoms with Crippen molar-refractivity contribution in [2.24, 2.45) is 16.6 Å². The molecule has 0 heterocycles. The molecule has 0 spiro atoms. The second-order valence-electron chi connectivity index (χ2n) is 3.25. The van der Waals surface area contributed by atoms with Crippen molar-refractivity contribution in [2.45, 2.75) is 20.1 Å². The Bertz CT molecular complexity index is 352. The van der Waals surface area contributed by atoms with Gasteiger partial charge in [-0.1, -0.05) is 24.3 Å². The summed E-state index contributed by atoms with van der Waals surface area (Å²) in [4.78, 5) is 4.08. The van der Waals surface area contributed by atoms with Gasteiger partial charge >= 0.3 is 0 Å². The van der Waals surface area contributed by atoms with Crippen LogP contribution in [-0.4, -0.2) is 12.6 Å². The summed E-state index contributed by atoms with van der Waals surface area (Å²) < 4.78 is 5.37. The molecule has 5 nitrogen and oxygen atoms in total. The molecular weight excluding hydrogens is 204 g/mol. The van der Waals surface area contributed by atoms with Crippen molar-refractivity contribution in [3.63, 3.8) is 0 Å². The molecule has 0 atom stereocenters. The summed E-state index contributed by atoms with van der Waals surface area (Å²) in [5.41, 5.74) is 9.96. The van der Waals surface area contributed by atoms with Crippen molar-refractivity contribution >= 4 is 5.96 Å². The lowest BCUT2D eigenvalue weighted by Gasteiger charge is -2.07. The van der Waals surface area contributed by atoms with Gasteiger partial charge < -0.3 is 10.5 Å². The van der Waals surface area contributed by atoms with Gasteiger partial charge in [0, 0.05) is 6.61 Å². The minimum absolute atomic E-state index is 0.228. The van der Waals surface area contributed by atoms with Crippen LogP contribution in [0, 0.1) is 0 Å². The van der Waals surface area contributed by atoms with E-state index in [1.165, 1.54) is 0 Å². The van der Waals surface area contributed by atoms with Crippen LogP contribution in [0.15, 0.2) is 29.3 Å². The highest BCUT2D eigenvalue weighted by Crippen LogP contribution is 2.11. The molecule has 0 saturated carbocycles. The quantitative estimate of drug-likeness (QED) is 0.293. The van der Waals surface area contributed by atoms with E-state index in [4.69, 9.17) is 16.3 Å². The Morgan fingerprint density at radius 1 is 1.38 bits per heavy atom. The largest absolute Gasteiger partial charge is 0.377 e. The molecule has 1 aromatic carbocycles. The van der Waals surface area contributed by atoms with Crippen LogP contribution in [0.1, 0.15) is 18.1 Å². The van der Waals surface area contributed by atoms with Crippen LogP contribution in [0.5, 0.6) is 0 Å². The number of nitrogens with zero attached hydrogens (tertiary/aromatic N) is 1. The van der Waals surface area contributed by atoms with Crippen LogP contribution in [-0.2, 0) is 17.9 Å². The summed E-state index contributed by atoms with van der Waals surface area (Å²) in [5, 5.41) is 0. The number of guanidine groups is 1. The van der Waals surface area contributed by atoms with Gasteiger partial charge in [-0.3, -0.25) is 5.43 Å². The highest BCUT2D eigenvalue weighted by Gasteiger charge is 2.00. The maximum absolute atomic E-state index is 5.45. The highest BCUT2D eigenvalue weighted by molar-refractivity contribution is 5.77. The van der Waals surface area contributed by atoms with Crippen LogP contribution in [0.25, 0.3) is 0 Å². The van der Waals surface area contributed by atoms with Crippen LogP contribution < -0.4 is 17.0 Å². The summed E-state index contributed by atoms with van der Waals surface area (Å²) in [5.74, 6) is 5.35. The van der Waals surface area contributed by atoms with Gasteiger partial charge in [-0.15, -0.1) is 0 Å². The van der Waals surface area contributed by atoms with Crippen molar-refractivity contribution in [3.05, 3.63) is 35.4 Å². The van der Waals surface area contributed by atoms with Crippen molar-refractivity contribution < 1.29 is 4.74 Å². The lowest BCUT2D eigenvalue weighted by Crippen LogP contribution is -2.37. The molecule has 5 N–H and O–H groups in total. The molecule has 5 heteroatoms. The first-order chi connectivity index (χ1) is 7.77. The molecule has 0 fully saturated rings. The third-order valence-corrected chi connectivity index (χ3v) is 2.15. The molecule has 0 aliphatic rings. The SMILES string of the molecule is CCOCc1ccccc1CN=C(N)NN. The molecular formula is C11H18N4O. The molecule has 0 saturated heterocycles. The van der Waals surface area contributed by atoms with Crippen LogP contribution >= 0.6 is 0 Å². The van der Waals surface area contributed by atoms with Gasteiger partial charge in [0.1, 0.15) is 0 Å². The van der Waals surface area contributed by atoms with Gasteiger partial charge in [-0.25, -0.2) is 10.8 Å². The normalized spacial score (nSPS) is 11.5. The Morgan fingerprint density at radius 2 is 2.06 bits per heavy atom. The van der Waals surface area contributed by atoms with Gasteiger partial charge in [-0.05, 0) is 18.1 Å². The number of hydrogen-bond acceptors (Lipinski definition) is 3. The number of nitrogens with one attached hydrogen (secondary N) is 1. The monoisotopic (exact) mass is 222 g/mol. The van der Waals surface area contributed by atoms with E-state index in [1.54, 1.807) is 0 Å². The Labute approximate surface area is 95.5 Å². The molecule has 1 aromatic rings. The summed E-state index contributed by atoms with van der Waals surface area (Å²) in [6.45, 7) is 3.76. The smallest absolute Gasteiger partial charge is 0.203 e. The number of hydrogen-bond donors (Lipinski definition) is 3. The van der Waals surface area contributed by atoms with E-state index >= 15 is 0 Å². The number of aliphatic imine (C=N–C) groups is 1. The van der Waals surface area contributed by atoms with E-state index < -0.39 is 0 Å². The molecule has 88 valence electrons. The fraction of sp³-hybridized carbons (Fsp3) is 0.364. The fourth-order valence-corrected chi connectivity index (χ4v) is 1.28. The Kier molecular flexibility index (Phi) is 5.31. The molecule has 0 amide bonds. The zero-order valence-corrected chi connectivity index (χ0v) is 9.44. The number of hydrazine groups is 1. The van der Waals surface area contributed by atoms with Gasteiger partial charge in [-0.2, -0.15) is 0 Å². The van der Waals surface area contributed by atoms with Crippen molar-refractivity contribution in [1.82, 2.24) is 5.43 Å². The number of ether oxygens (including phenoxy) is 1. The molecule has 0 aliphatic heterocycles. The standard InChI is InChI=1S/C11H18N4O/c1-2-16-8-10-6-4-3-5-9(10)7-14-11(12)15-13/h3-6H,2,7-8,13H2,1H3,(H3,12,14,15). The molecule has 16 heavy (non-hydrogen) atoms. The van der Waals surface area contributed by atoms with E-state index in [0.717, 1.165) is 11.1 Å². The lowest BCUT2D eigenvalue weighted by atomic mass is 10.1. The fourth-order valence-electron chi connectivity index (χ4n) is 1.28. The minimum Gasteiger partial charge on any atom is -0.377 e. The second-order valence-corrected chi connectivity index (χ2v) is 3.25.